The number of hydrogen-bond acceptors (Lipinski definition) is 0. The van der Waals surface area contributed by atoms with Crippen molar-refractivity contribution >= 4 is 0 Å². The van der Waals surface area contributed by atoms with Crippen LogP contribution in [-0.4, -0.2) is 0 Å². The zero-order chi connectivity index (χ0) is 5.11. The van der Waals surface area contributed by atoms with E-state index < -0.39 is 0 Å². The van der Waals surface area contributed by atoms with Crippen LogP contribution in [-0.2, 0) is 21.7 Å². The zero-order valence-corrected chi connectivity index (χ0v) is 6.16. The SMILES string of the molecule is [CH2-]c1ccccc1.[Ti]. The first-order valence-electron chi connectivity index (χ1n) is 2.26. The van der Waals surface area contributed by atoms with Crippen LogP contribution < -0.4 is 0 Å². The predicted octanol–water partition coefficient (Wildman–Crippen LogP) is 1.87. The van der Waals surface area contributed by atoms with Crippen LogP contribution in [0.2, 0.25) is 0 Å². The first-order chi connectivity index (χ1) is 3.39. The van der Waals surface area contributed by atoms with Crippen LogP contribution in [0.5, 0.6) is 0 Å². The Balaban J connectivity index is 0.000000490. The van der Waals surface area contributed by atoms with Gasteiger partial charge in [0.25, 0.3) is 0 Å². The van der Waals surface area contributed by atoms with Gasteiger partial charge in [-0.3, -0.25) is 0 Å². The summed E-state index contributed by atoms with van der Waals surface area (Å²) >= 11 is 0. The molecule has 0 radical (unpaired) electrons. The molecule has 8 heavy (non-hydrogen) atoms. The Morgan fingerprint density at radius 2 is 1.50 bits per heavy atom. The molecule has 1 aromatic rings. The Labute approximate surface area is 64.8 Å². The smallest absolute Gasteiger partial charge is 0 e. The van der Waals surface area contributed by atoms with Gasteiger partial charge in [-0.05, 0) is 0 Å². The van der Waals surface area contributed by atoms with Crippen LogP contribution in [0.15, 0.2) is 30.3 Å². The van der Waals surface area contributed by atoms with Crippen LogP contribution >= 0.6 is 0 Å². The van der Waals surface area contributed by atoms with E-state index >= 15 is 0 Å². The number of benzene rings is 1. The molecule has 40 valence electrons. The van der Waals surface area contributed by atoms with Crippen molar-refractivity contribution in [1.29, 1.82) is 0 Å². The fourth-order valence-corrected chi connectivity index (χ4v) is 0.478. The van der Waals surface area contributed by atoms with Crippen molar-refractivity contribution in [3.8, 4) is 0 Å². The fourth-order valence-electron chi connectivity index (χ4n) is 0.478. The Morgan fingerprint density at radius 1 is 1.00 bits per heavy atom. The van der Waals surface area contributed by atoms with Crippen LogP contribution in [0.4, 0.5) is 0 Å². The van der Waals surface area contributed by atoms with Gasteiger partial charge < -0.3 is 0 Å². The molecule has 0 nitrogen and oxygen atoms in total. The van der Waals surface area contributed by atoms with E-state index in [1.807, 2.05) is 30.3 Å². The molecule has 0 spiro atoms. The molecule has 0 heterocycles. The van der Waals surface area contributed by atoms with Crippen molar-refractivity contribution < 1.29 is 21.7 Å². The van der Waals surface area contributed by atoms with E-state index in [-0.39, 0.29) is 21.7 Å². The van der Waals surface area contributed by atoms with Gasteiger partial charge in [0.15, 0.2) is 0 Å². The van der Waals surface area contributed by atoms with Gasteiger partial charge in [-0.1, -0.05) is 6.07 Å². The molecule has 0 N–H and O–H groups in total. The largest absolute Gasteiger partial charge is 0.199 e. The van der Waals surface area contributed by atoms with Gasteiger partial charge >= 0.3 is 0 Å². The van der Waals surface area contributed by atoms with E-state index in [0.29, 0.717) is 0 Å². The van der Waals surface area contributed by atoms with Crippen LogP contribution in [0.1, 0.15) is 5.56 Å². The molecule has 0 bridgehead atoms. The minimum atomic E-state index is 0. The molecule has 1 aromatic carbocycles. The summed E-state index contributed by atoms with van der Waals surface area (Å²) in [4.78, 5) is 0. The summed E-state index contributed by atoms with van der Waals surface area (Å²) in [5, 5.41) is 0. The second-order valence-corrected chi connectivity index (χ2v) is 1.49. The first kappa shape index (κ1) is 7.80. The summed E-state index contributed by atoms with van der Waals surface area (Å²) in [6, 6.07) is 9.87. The monoisotopic (exact) mass is 139 g/mol. The molecule has 0 aliphatic heterocycles. The quantitative estimate of drug-likeness (QED) is 0.380. The number of rotatable bonds is 0. The van der Waals surface area contributed by atoms with Crippen LogP contribution in [0, 0.1) is 6.92 Å². The van der Waals surface area contributed by atoms with Gasteiger partial charge in [-0.25, -0.2) is 0 Å². The molecule has 0 fully saturated rings. The van der Waals surface area contributed by atoms with Gasteiger partial charge in [0.05, 0.1) is 0 Å². The van der Waals surface area contributed by atoms with E-state index in [0.717, 1.165) is 5.56 Å². The van der Waals surface area contributed by atoms with Crippen molar-refractivity contribution in [3.05, 3.63) is 42.8 Å². The normalized spacial score (nSPS) is 7.50. The topological polar surface area (TPSA) is 0 Å². The number of hydrogen-bond donors (Lipinski definition) is 0. The molecule has 0 aliphatic rings. The second-order valence-electron chi connectivity index (χ2n) is 1.49. The van der Waals surface area contributed by atoms with Crippen LogP contribution in [0.25, 0.3) is 0 Å². The molecule has 0 aliphatic carbocycles. The maximum Gasteiger partial charge on any atom is 0 e. The van der Waals surface area contributed by atoms with E-state index in [1.165, 1.54) is 0 Å². The van der Waals surface area contributed by atoms with Gasteiger partial charge in [0.2, 0.25) is 0 Å². The van der Waals surface area contributed by atoms with Crippen LogP contribution in [0.3, 0.4) is 0 Å². The molecule has 1 heteroatoms. The van der Waals surface area contributed by atoms with E-state index in [4.69, 9.17) is 0 Å². The van der Waals surface area contributed by atoms with Gasteiger partial charge in [-0.15, -0.1) is 12.1 Å². The van der Waals surface area contributed by atoms with Gasteiger partial charge in [0.1, 0.15) is 0 Å². The van der Waals surface area contributed by atoms with Gasteiger partial charge in [-0.2, -0.15) is 24.6 Å². The summed E-state index contributed by atoms with van der Waals surface area (Å²) in [6.45, 7) is 3.72. The average molecular weight is 139 g/mol. The second kappa shape index (κ2) is 3.76. The van der Waals surface area contributed by atoms with Crippen molar-refractivity contribution in [2.75, 3.05) is 0 Å². The molecule has 0 aromatic heterocycles. The molecule has 0 atom stereocenters. The third kappa shape index (κ3) is 2.20. The third-order valence-corrected chi connectivity index (χ3v) is 0.843. The van der Waals surface area contributed by atoms with Crippen molar-refractivity contribution in [2.24, 2.45) is 0 Å². The fraction of sp³-hybridized carbons (Fsp3) is 0. The zero-order valence-electron chi connectivity index (χ0n) is 4.59. The summed E-state index contributed by atoms with van der Waals surface area (Å²) in [5.41, 5.74) is 1.07. The Bertz CT molecular complexity index is 134. The summed E-state index contributed by atoms with van der Waals surface area (Å²) in [7, 11) is 0. The van der Waals surface area contributed by atoms with Crippen molar-refractivity contribution in [2.45, 2.75) is 0 Å². The Hall–Kier alpha value is -0.196. The Kier molecular flexibility index (Phi) is 3.67. The summed E-state index contributed by atoms with van der Waals surface area (Å²) in [6.07, 6.45) is 0. The molecule has 1 rings (SSSR count). The minimum Gasteiger partial charge on any atom is -0.199 e. The molecule has 0 saturated heterocycles. The molecule has 0 saturated carbocycles. The maximum absolute atomic E-state index is 3.72. The van der Waals surface area contributed by atoms with E-state index in [2.05, 4.69) is 6.92 Å². The predicted molar refractivity (Wildman–Crippen MR) is 30.9 cm³/mol. The molecular formula is C7H7Ti-. The molecule has 0 unspecified atom stereocenters. The van der Waals surface area contributed by atoms with E-state index in [9.17, 15) is 0 Å². The third-order valence-electron chi connectivity index (χ3n) is 0.843. The maximum atomic E-state index is 3.72. The van der Waals surface area contributed by atoms with Gasteiger partial charge in [0, 0.05) is 21.7 Å². The summed E-state index contributed by atoms with van der Waals surface area (Å²) in [5.74, 6) is 0. The first-order valence-corrected chi connectivity index (χ1v) is 2.26. The Morgan fingerprint density at radius 3 is 1.75 bits per heavy atom. The van der Waals surface area contributed by atoms with Crippen molar-refractivity contribution in [3.63, 3.8) is 0 Å². The summed E-state index contributed by atoms with van der Waals surface area (Å²) < 4.78 is 0. The molecule has 0 amide bonds. The molecular weight excluding hydrogens is 132 g/mol. The van der Waals surface area contributed by atoms with E-state index in [1.54, 1.807) is 0 Å². The van der Waals surface area contributed by atoms with Crippen molar-refractivity contribution in [1.82, 2.24) is 0 Å². The average Bonchev–Trinajstić information content (AvgIpc) is 1.69. The standard InChI is InChI=1S/C7H7.Ti/c1-7-5-3-2-4-6-7;/h2-6H,1H2;/q-1;. The minimum absolute atomic E-state index is 0.